The van der Waals surface area contributed by atoms with Crippen LogP contribution >= 0.6 is 0 Å². The first kappa shape index (κ1) is 15.6. The van der Waals surface area contributed by atoms with Crippen LogP contribution in [-0.4, -0.2) is 28.9 Å². The van der Waals surface area contributed by atoms with Crippen LogP contribution in [-0.2, 0) is 6.54 Å². The van der Waals surface area contributed by atoms with E-state index in [1.807, 2.05) is 10.6 Å². The number of fused-ring (bicyclic) bond motifs is 4. The van der Waals surface area contributed by atoms with Crippen LogP contribution in [0.5, 0.6) is 0 Å². The Morgan fingerprint density at radius 2 is 2.00 bits per heavy atom. The molecule has 1 aromatic carbocycles. The maximum absolute atomic E-state index is 12.1. The molecule has 25 heavy (non-hydrogen) atoms. The summed E-state index contributed by atoms with van der Waals surface area (Å²) >= 11 is 0. The number of pyridine rings is 1. The zero-order valence-electron chi connectivity index (χ0n) is 13.5. The normalized spacial score (nSPS) is 21.5. The number of carbonyl (C=O) groups is 1. The lowest BCUT2D eigenvalue weighted by atomic mass is 9.82. The molecule has 1 fully saturated rings. The number of non-ortho nitro benzene ring substituents is 1. The van der Waals surface area contributed by atoms with Crippen molar-refractivity contribution in [1.82, 2.24) is 4.57 Å². The first-order valence-corrected chi connectivity index (χ1v) is 8.25. The van der Waals surface area contributed by atoms with Crippen LogP contribution in [0, 0.1) is 16.0 Å². The fourth-order valence-electron chi connectivity index (χ4n) is 4.13. The number of nitro groups is 1. The van der Waals surface area contributed by atoms with E-state index in [2.05, 4.69) is 4.90 Å². The van der Waals surface area contributed by atoms with Crippen LogP contribution < -0.4 is 10.5 Å². The van der Waals surface area contributed by atoms with E-state index in [4.69, 9.17) is 0 Å². The highest BCUT2D eigenvalue weighted by atomic mass is 16.6. The van der Waals surface area contributed by atoms with Gasteiger partial charge in [0.2, 0.25) is 0 Å². The molecule has 2 aromatic rings. The fourth-order valence-corrected chi connectivity index (χ4v) is 4.13. The van der Waals surface area contributed by atoms with Crippen LogP contribution in [0.3, 0.4) is 0 Å². The molecule has 2 aliphatic rings. The number of nitro benzene ring substituents is 1. The summed E-state index contributed by atoms with van der Waals surface area (Å²) in [6, 6.07) is 9.78. The highest BCUT2D eigenvalue weighted by Crippen LogP contribution is 2.38. The van der Waals surface area contributed by atoms with Crippen molar-refractivity contribution in [1.29, 1.82) is 0 Å². The van der Waals surface area contributed by atoms with Gasteiger partial charge in [0.1, 0.15) is 0 Å². The molecule has 2 bridgehead atoms. The van der Waals surface area contributed by atoms with Crippen molar-refractivity contribution in [2.75, 3.05) is 18.0 Å². The van der Waals surface area contributed by atoms with E-state index < -0.39 is 4.92 Å². The predicted octanol–water partition coefficient (Wildman–Crippen LogP) is 2.19. The van der Waals surface area contributed by atoms with Gasteiger partial charge < -0.3 is 9.47 Å². The highest BCUT2D eigenvalue weighted by molar-refractivity contribution is 5.86. The minimum Gasteiger partial charge on any atom is -0.370 e. The van der Waals surface area contributed by atoms with E-state index in [-0.39, 0.29) is 17.2 Å². The van der Waals surface area contributed by atoms with Gasteiger partial charge >= 0.3 is 0 Å². The highest BCUT2D eigenvalue weighted by Gasteiger charge is 2.35. The largest absolute Gasteiger partial charge is 0.370 e. The van der Waals surface area contributed by atoms with Crippen molar-refractivity contribution < 1.29 is 9.72 Å². The molecule has 0 radical (unpaired) electrons. The summed E-state index contributed by atoms with van der Waals surface area (Å²) in [6.45, 7) is 2.10. The molecule has 2 aliphatic heterocycles. The zero-order chi connectivity index (χ0) is 17.6. The quantitative estimate of drug-likeness (QED) is 0.486. The molecule has 2 atom stereocenters. The first-order chi connectivity index (χ1) is 12.1. The number of hydrogen-bond donors (Lipinski definition) is 0. The van der Waals surface area contributed by atoms with Gasteiger partial charge in [-0.25, -0.2) is 0 Å². The standard InChI is InChI=1S/C18H17N3O4/c22-11-14-7-15(21(24)25)4-5-16(14)19-8-12-6-13(10-19)17-2-1-3-18(23)20(17)9-12/h1-5,7,11-13H,6,8-10H2/t12-,13-/m1/s1. The lowest BCUT2D eigenvalue weighted by Gasteiger charge is -2.44. The molecule has 3 heterocycles. The number of piperidine rings is 1. The Morgan fingerprint density at radius 3 is 2.76 bits per heavy atom. The van der Waals surface area contributed by atoms with E-state index in [1.165, 1.54) is 12.1 Å². The Balaban J connectivity index is 1.70. The van der Waals surface area contributed by atoms with E-state index in [0.29, 0.717) is 30.9 Å². The second kappa shape index (κ2) is 5.84. The summed E-state index contributed by atoms with van der Waals surface area (Å²) in [5, 5.41) is 10.9. The number of nitrogens with zero attached hydrogens (tertiary/aromatic N) is 3. The lowest BCUT2D eigenvalue weighted by molar-refractivity contribution is -0.384. The minimum atomic E-state index is -0.496. The molecule has 4 rings (SSSR count). The van der Waals surface area contributed by atoms with Gasteiger partial charge in [-0.3, -0.25) is 19.7 Å². The fraction of sp³-hybridized carbons (Fsp3) is 0.333. The summed E-state index contributed by atoms with van der Waals surface area (Å²) in [5.74, 6) is 0.539. The van der Waals surface area contributed by atoms with Crippen LogP contribution in [0.1, 0.15) is 28.4 Å². The van der Waals surface area contributed by atoms with Gasteiger partial charge in [0.05, 0.1) is 4.92 Å². The molecule has 0 spiro atoms. The monoisotopic (exact) mass is 339 g/mol. The topological polar surface area (TPSA) is 85.4 Å². The maximum atomic E-state index is 12.1. The van der Waals surface area contributed by atoms with Crippen LogP contribution in [0.15, 0.2) is 41.2 Å². The number of carbonyl (C=O) groups excluding carboxylic acids is 1. The molecular formula is C18H17N3O4. The van der Waals surface area contributed by atoms with Gasteiger partial charge in [-0.2, -0.15) is 0 Å². The van der Waals surface area contributed by atoms with Crippen molar-refractivity contribution in [3.05, 3.63) is 68.1 Å². The molecule has 0 amide bonds. The van der Waals surface area contributed by atoms with E-state index in [9.17, 15) is 19.7 Å². The maximum Gasteiger partial charge on any atom is 0.270 e. The van der Waals surface area contributed by atoms with Crippen molar-refractivity contribution in [3.63, 3.8) is 0 Å². The Hall–Kier alpha value is -2.96. The molecule has 7 heteroatoms. The van der Waals surface area contributed by atoms with Gasteiger partial charge in [0.25, 0.3) is 11.2 Å². The molecule has 0 N–H and O–H groups in total. The number of hydrogen-bond acceptors (Lipinski definition) is 5. The third kappa shape index (κ3) is 2.61. The molecule has 128 valence electrons. The van der Waals surface area contributed by atoms with Crippen LogP contribution in [0.2, 0.25) is 0 Å². The predicted molar refractivity (Wildman–Crippen MR) is 92.2 cm³/mol. The van der Waals surface area contributed by atoms with Crippen LogP contribution in [0.4, 0.5) is 11.4 Å². The van der Waals surface area contributed by atoms with Crippen molar-refractivity contribution in [3.8, 4) is 0 Å². The van der Waals surface area contributed by atoms with Gasteiger partial charge in [0.15, 0.2) is 6.29 Å². The Labute approximate surface area is 143 Å². The molecule has 1 aromatic heterocycles. The minimum absolute atomic E-state index is 0.0320. The summed E-state index contributed by atoms with van der Waals surface area (Å²) < 4.78 is 1.85. The Kier molecular flexibility index (Phi) is 3.63. The SMILES string of the molecule is O=Cc1cc([N+](=O)[O-])ccc1N1C[C@H]2C[C@H](C1)c1cccc(=O)n1C2. The summed E-state index contributed by atoms with van der Waals surface area (Å²) in [6.07, 6.45) is 1.69. The second-order valence-corrected chi connectivity index (χ2v) is 6.72. The Morgan fingerprint density at radius 1 is 1.16 bits per heavy atom. The summed E-state index contributed by atoms with van der Waals surface area (Å²) in [7, 11) is 0. The molecule has 7 nitrogen and oxygen atoms in total. The molecular weight excluding hydrogens is 322 g/mol. The summed E-state index contributed by atoms with van der Waals surface area (Å²) in [5.41, 5.74) is 2.04. The molecule has 0 unspecified atom stereocenters. The average Bonchev–Trinajstić information content (AvgIpc) is 2.62. The Bertz CT molecular complexity index is 921. The summed E-state index contributed by atoms with van der Waals surface area (Å²) in [4.78, 5) is 36.1. The first-order valence-electron chi connectivity index (χ1n) is 8.25. The smallest absolute Gasteiger partial charge is 0.270 e. The number of anilines is 1. The van der Waals surface area contributed by atoms with E-state index >= 15 is 0 Å². The van der Waals surface area contributed by atoms with Crippen molar-refractivity contribution in [2.24, 2.45) is 5.92 Å². The van der Waals surface area contributed by atoms with Gasteiger partial charge in [-0.1, -0.05) is 6.07 Å². The van der Waals surface area contributed by atoms with Gasteiger partial charge in [-0.05, 0) is 24.5 Å². The van der Waals surface area contributed by atoms with E-state index in [0.717, 1.165) is 24.3 Å². The third-order valence-electron chi connectivity index (χ3n) is 5.17. The lowest BCUT2D eigenvalue weighted by Crippen LogP contribution is -2.47. The van der Waals surface area contributed by atoms with Gasteiger partial charge in [-0.15, -0.1) is 0 Å². The second-order valence-electron chi connectivity index (χ2n) is 6.72. The molecule has 1 saturated heterocycles. The number of rotatable bonds is 3. The number of aldehydes is 1. The van der Waals surface area contributed by atoms with Crippen molar-refractivity contribution in [2.45, 2.75) is 18.9 Å². The van der Waals surface area contributed by atoms with Gasteiger partial charge in [0, 0.05) is 60.7 Å². The molecule has 0 aliphatic carbocycles. The molecule has 0 saturated carbocycles. The number of aromatic nitrogens is 1. The zero-order valence-corrected chi connectivity index (χ0v) is 13.5. The van der Waals surface area contributed by atoms with Crippen LogP contribution in [0.25, 0.3) is 0 Å². The number of benzene rings is 1. The van der Waals surface area contributed by atoms with Crippen molar-refractivity contribution >= 4 is 17.7 Å². The van der Waals surface area contributed by atoms with E-state index in [1.54, 1.807) is 18.2 Å². The average molecular weight is 339 g/mol. The third-order valence-corrected chi connectivity index (χ3v) is 5.17.